The van der Waals surface area contributed by atoms with Crippen LogP contribution < -0.4 is 5.73 Å². The zero-order valence-corrected chi connectivity index (χ0v) is 13.1. The minimum Gasteiger partial charge on any atom is -0.334 e. The second kappa shape index (κ2) is 7.25. The predicted molar refractivity (Wildman–Crippen MR) is 84.9 cm³/mol. The van der Waals surface area contributed by atoms with E-state index in [0.29, 0.717) is 25.4 Å². The number of hydrogen-bond acceptors (Lipinski definition) is 3. The summed E-state index contributed by atoms with van der Waals surface area (Å²) in [5.74, 6) is 0.499. The Labute approximate surface area is 129 Å². The summed E-state index contributed by atoms with van der Waals surface area (Å²) in [5.41, 5.74) is 6.05. The van der Waals surface area contributed by atoms with Crippen molar-refractivity contribution >= 4 is 28.8 Å². The molecule has 1 aromatic heterocycles. The van der Waals surface area contributed by atoms with Gasteiger partial charge < -0.3 is 10.6 Å². The molecule has 1 saturated carbocycles. The lowest BCUT2D eigenvalue weighted by molar-refractivity contribution is -0.132. The molecule has 20 heavy (non-hydrogen) atoms. The van der Waals surface area contributed by atoms with Gasteiger partial charge in [-0.2, -0.15) is 0 Å². The number of nitrogens with two attached hydrogens (primary N) is 1. The van der Waals surface area contributed by atoms with E-state index in [0.717, 1.165) is 28.5 Å². The van der Waals surface area contributed by atoms with Crippen LogP contribution in [0, 0.1) is 5.92 Å². The zero-order valence-electron chi connectivity index (χ0n) is 11.6. The summed E-state index contributed by atoms with van der Waals surface area (Å²) in [6.07, 6.45) is 5.57. The molecule has 0 radical (unpaired) electrons. The van der Waals surface area contributed by atoms with E-state index in [1.165, 1.54) is 11.3 Å². The van der Waals surface area contributed by atoms with E-state index in [2.05, 4.69) is 6.58 Å². The summed E-state index contributed by atoms with van der Waals surface area (Å²) < 4.78 is 0.754. The van der Waals surface area contributed by atoms with Crippen molar-refractivity contribution in [2.75, 3.05) is 6.54 Å². The van der Waals surface area contributed by atoms with Crippen molar-refractivity contribution in [1.82, 2.24) is 4.90 Å². The third kappa shape index (κ3) is 4.08. The molecule has 0 bridgehead atoms. The first kappa shape index (κ1) is 15.5. The molecule has 2 atom stereocenters. The molecule has 0 spiro atoms. The SMILES string of the molecule is C=CCN(Cc1ccc(Cl)s1)C(=O)C[C@@H]1CCC[C@H]1N. The molecular weight excluding hydrogens is 292 g/mol. The van der Waals surface area contributed by atoms with E-state index in [4.69, 9.17) is 17.3 Å². The summed E-state index contributed by atoms with van der Waals surface area (Å²) in [5, 5.41) is 0. The molecule has 0 aliphatic heterocycles. The Morgan fingerprint density at radius 3 is 2.90 bits per heavy atom. The molecule has 3 nitrogen and oxygen atoms in total. The van der Waals surface area contributed by atoms with Crippen molar-refractivity contribution in [3.05, 3.63) is 34.0 Å². The van der Waals surface area contributed by atoms with E-state index in [1.807, 2.05) is 17.0 Å². The maximum Gasteiger partial charge on any atom is 0.223 e. The fourth-order valence-electron chi connectivity index (χ4n) is 2.71. The van der Waals surface area contributed by atoms with E-state index >= 15 is 0 Å². The van der Waals surface area contributed by atoms with Crippen LogP contribution in [0.4, 0.5) is 0 Å². The highest BCUT2D eigenvalue weighted by atomic mass is 35.5. The molecule has 2 N–H and O–H groups in total. The molecule has 0 aromatic carbocycles. The number of nitrogens with zero attached hydrogens (tertiary/aromatic N) is 1. The Balaban J connectivity index is 1.96. The van der Waals surface area contributed by atoms with Crippen molar-refractivity contribution in [3.8, 4) is 0 Å². The number of rotatable bonds is 6. The molecular formula is C15H21ClN2OS. The first-order chi connectivity index (χ1) is 9.60. The van der Waals surface area contributed by atoms with Crippen molar-refractivity contribution in [3.63, 3.8) is 0 Å². The summed E-state index contributed by atoms with van der Waals surface area (Å²) in [7, 11) is 0. The third-order valence-corrected chi connectivity index (χ3v) is 5.05. The Kier molecular flexibility index (Phi) is 5.64. The number of amides is 1. The summed E-state index contributed by atoms with van der Waals surface area (Å²) >= 11 is 7.45. The molecule has 1 aliphatic carbocycles. The second-order valence-corrected chi connectivity index (χ2v) is 7.13. The Hall–Kier alpha value is -0.840. The maximum absolute atomic E-state index is 12.4. The van der Waals surface area contributed by atoms with Gasteiger partial charge in [0.1, 0.15) is 0 Å². The van der Waals surface area contributed by atoms with Gasteiger partial charge in [0, 0.05) is 23.9 Å². The van der Waals surface area contributed by atoms with Crippen LogP contribution in [0.25, 0.3) is 0 Å². The fraction of sp³-hybridized carbons (Fsp3) is 0.533. The van der Waals surface area contributed by atoms with Gasteiger partial charge in [0.15, 0.2) is 0 Å². The summed E-state index contributed by atoms with van der Waals surface area (Å²) in [6, 6.07) is 4.02. The van der Waals surface area contributed by atoms with Crippen LogP contribution in [0.2, 0.25) is 4.34 Å². The number of thiophene rings is 1. The quantitative estimate of drug-likeness (QED) is 0.818. The van der Waals surface area contributed by atoms with Crippen LogP contribution in [0.3, 0.4) is 0 Å². The largest absolute Gasteiger partial charge is 0.334 e. The smallest absolute Gasteiger partial charge is 0.223 e. The lowest BCUT2D eigenvalue weighted by Gasteiger charge is -2.23. The molecule has 1 aromatic rings. The van der Waals surface area contributed by atoms with Crippen molar-refractivity contribution in [2.24, 2.45) is 11.7 Å². The molecule has 5 heteroatoms. The van der Waals surface area contributed by atoms with Gasteiger partial charge in [-0.05, 0) is 30.9 Å². The lowest BCUT2D eigenvalue weighted by Crippen LogP contribution is -2.35. The fourth-order valence-corrected chi connectivity index (χ4v) is 3.81. The lowest BCUT2D eigenvalue weighted by atomic mass is 9.99. The van der Waals surface area contributed by atoms with Crippen molar-refractivity contribution < 1.29 is 4.79 Å². The standard InChI is InChI=1S/C15H21ClN2OS/c1-2-8-18(10-12-6-7-14(16)20-12)15(19)9-11-4-3-5-13(11)17/h2,6-7,11,13H,1,3-5,8-10,17H2/t11-,13+/m0/s1. The van der Waals surface area contributed by atoms with Gasteiger partial charge in [-0.25, -0.2) is 0 Å². The van der Waals surface area contributed by atoms with Crippen LogP contribution in [0.15, 0.2) is 24.8 Å². The van der Waals surface area contributed by atoms with Crippen LogP contribution >= 0.6 is 22.9 Å². The van der Waals surface area contributed by atoms with Crippen molar-refractivity contribution in [2.45, 2.75) is 38.3 Å². The van der Waals surface area contributed by atoms with E-state index in [9.17, 15) is 4.79 Å². The van der Waals surface area contributed by atoms with E-state index in [1.54, 1.807) is 6.08 Å². The maximum atomic E-state index is 12.4. The molecule has 0 unspecified atom stereocenters. The minimum atomic E-state index is 0.164. The topological polar surface area (TPSA) is 46.3 Å². The van der Waals surface area contributed by atoms with Gasteiger partial charge >= 0.3 is 0 Å². The molecule has 0 saturated heterocycles. The first-order valence-corrected chi connectivity index (χ1v) is 8.18. The number of carbonyl (C=O) groups excluding carboxylic acids is 1. The van der Waals surface area contributed by atoms with Gasteiger partial charge in [-0.3, -0.25) is 4.79 Å². The van der Waals surface area contributed by atoms with Crippen LogP contribution in [0.1, 0.15) is 30.6 Å². The Bertz CT molecular complexity index is 474. The van der Waals surface area contributed by atoms with Gasteiger partial charge in [0.25, 0.3) is 0 Å². The second-order valence-electron chi connectivity index (χ2n) is 5.33. The normalized spacial score (nSPS) is 21.9. The molecule has 1 amide bonds. The van der Waals surface area contributed by atoms with Gasteiger partial charge in [-0.15, -0.1) is 17.9 Å². The van der Waals surface area contributed by atoms with Gasteiger partial charge in [0.05, 0.1) is 10.9 Å². The van der Waals surface area contributed by atoms with Crippen LogP contribution in [-0.4, -0.2) is 23.4 Å². The number of halogens is 1. The zero-order chi connectivity index (χ0) is 14.5. The summed E-state index contributed by atoms with van der Waals surface area (Å²) in [6.45, 7) is 4.90. The third-order valence-electron chi connectivity index (χ3n) is 3.83. The highest BCUT2D eigenvalue weighted by Gasteiger charge is 2.27. The molecule has 110 valence electrons. The molecule has 1 aliphatic rings. The Morgan fingerprint density at radius 1 is 1.55 bits per heavy atom. The molecule has 1 heterocycles. The average Bonchev–Trinajstić information content (AvgIpc) is 2.99. The predicted octanol–water partition coefficient (Wildman–Crippen LogP) is 3.43. The minimum absolute atomic E-state index is 0.164. The highest BCUT2D eigenvalue weighted by Crippen LogP contribution is 2.28. The monoisotopic (exact) mass is 312 g/mol. The van der Waals surface area contributed by atoms with Gasteiger partial charge in [-0.1, -0.05) is 24.1 Å². The molecule has 1 fully saturated rings. The summed E-state index contributed by atoms with van der Waals surface area (Å²) in [4.78, 5) is 15.4. The number of hydrogen-bond donors (Lipinski definition) is 1. The van der Waals surface area contributed by atoms with Crippen LogP contribution in [0.5, 0.6) is 0 Å². The molecule has 2 rings (SSSR count). The first-order valence-electron chi connectivity index (χ1n) is 6.98. The van der Waals surface area contributed by atoms with Gasteiger partial charge in [0.2, 0.25) is 5.91 Å². The van der Waals surface area contributed by atoms with Crippen LogP contribution in [-0.2, 0) is 11.3 Å². The number of carbonyl (C=O) groups is 1. The van der Waals surface area contributed by atoms with E-state index in [-0.39, 0.29) is 11.9 Å². The van der Waals surface area contributed by atoms with Crippen molar-refractivity contribution in [1.29, 1.82) is 0 Å². The van der Waals surface area contributed by atoms with E-state index < -0.39 is 0 Å². The average molecular weight is 313 g/mol. The highest BCUT2D eigenvalue weighted by molar-refractivity contribution is 7.16. The Morgan fingerprint density at radius 2 is 2.35 bits per heavy atom.